The van der Waals surface area contributed by atoms with Crippen molar-refractivity contribution in [3.63, 3.8) is 0 Å². The molecule has 3 saturated heterocycles. The first-order valence-corrected chi connectivity index (χ1v) is 16.1. The van der Waals surface area contributed by atoms with E-state index in [1.807, 2.05) is 17.9 Å². The molecule has 3 fully saturated rings. The highest BCUT2D eigenvalue weighted by Crippen LogP contribution is 2.48. The van der Waals surface area contributed by atoms with Crippen molar-refractivity contribution in [2.75, 3.05) is 37.3 Å². The van der Waals surface area contributed by atoms with Gasteiger partial charge in [0.15, 0.2) is 0 Å². The number of aryl methyl sites for hydroxylation is 1. The van der Waals surface area contributed by atoms with Crippen molar-refractivity contribution in [1.82, 2.24) is 29.9 Å². The maximum Gasteiger partial charge on any atom is 0.319 e. The number of carbonyl (C=O) groups excluding carboxylic acids is 1. The third kappa shape index (κ3) is 4.62. The van der Waals surface area contributed by atoms with Gasteiger partial charge in [0, 0.05) is 35.6 Å². The van der Waals surface area contributed by atoms with Gasteiger partial charge in [-0.25, -0.2) is 0 Å². The predicted octanol–water partition coefficient (Wildman–Crippen LogP) is 3.52. The number of nitrogens with zero attached hydrogens (tertiary/aromatic N) is 8. The van der Waals surface area contributed by atoms with E-state index in [2.05, 4.69) is 41.6 Å². The summed E-state index contributed by atoms with van der Waals surface area (Å²) >= 11 is 1.47. The lowest BCUT2D eigenvalue weighted by Crippen LogP contribution is -2.48. The van der Waals surface area contributed by atoms with Gasteiger partial charge in [-0.3, -0.25) is 9.69 Å². The number of nitrogen functional groups attached to an aromatic ring is 1. The summed E-state index contributed by atoms with van der Waals surface area (Å²) in [6.45, 7) is 10.1. The molecule has 6 heterocycles. The molecule has 5 atom stereocenters. The maximum atomic E-state index is 12.4. The van der Waals surface area contributed by atoms with Crippen LogP contribution in [0.2, 0.25) is 0 Å². The first-order chi connectivity index (χ1) is 21.2. The molecule has 0 spiro atoms. The van der Waals surface area contributed by atoms with E-state index in [9.17, 15) is 10.1 Å². The van der Waals surface area contributed by atoms with Crippen LogP contribution >= 0.6 is 11.3 Å². The number of piperazine rings is 1. The standard InChI is InChI=1S/C31H37N9O3S/c1-5-25(41)40-16-18-12-19(40)15-39(18)24-13-21(34-30(35-24)42-17(2)22-8-7-11-38(22)4)28-36-29(43-37-28)31(3)10-6-9-23-26(31)20(14-32)27(33)44-23/h5,13,17-19,22H,1,6-12,15-16,33H2,2-4H3/t17-,18?,19-,22-,31-/m0/s1. The first kappa shape index (κ1) is 28.7. The van der Waals surface area contributed by atoms with E-state index >= 15 is 0 Å². The Morgan fingerprint density at radius 3 is 2.86 bits per heavy atom. The molecule has 44 heavy (non-hydrogen) atoms. The van der Waals surface area contributed by atoms with Crippen molar-refractivity contribution in [1.29, 1.82) is 5.26 Å². The number of hydrogen-bond donors (Lipinski definition) is 1. The number of aromatic nitrogens is 4. The number of hydrogen-bond acceptors (Lipinski definition) is 12. The summed E-state index contributed by atoms with van der Waals surface area (Å²) < 4.78 is 12.3. The van der Waals surface area contributed by atoms with Crippen LogP contribution in [0.4, 0.5) is 10.8 Å². The molecule has 0 saturated carbocycles. The van der Waals surface area contributed by atoms with Crippen molar-refractivity contribution in [2.45, 2.75) is 82.0 Å². The molecule has 2 N–H and O–H groups in total. The Kier molecular flexibility index (Phi) is 7.09. The lowest BCUT2D eigenvalue weighted by Gasteiger charge is -2.34. The fourth-order valence-corrected chi connectivity index (χ4v) is 8.89. The van der Waals surface area contributed by atoms with E-state index < -0.39 is 5.41 Å². The Morgan fingerprint density at radius 2 is 2.16 bits per heavy atom. The van der Waals surface area contributed by atoms with Gasteiger partial charge in [-0.05, 0) is 72.0 Å². The van der Waals surface area contributed by atoms with Crippen molar-refractivity contribution < 1.29 is 14.1 Å². The van der Waals surface area contributed by atoms with Crippen molar-refractivity contribution >= 4 is 28.1 Å². The molecule has 230 valence electrons. The minimum Gasteiger partial charge on any atom is -0.459 e. The van der Waals surface area contributed by atoms with Crippen LogP contribution in [0.15, 0.2) is 23.2 Å². The predicted molar refractivity (Wildman–Crippen MR) is 165 cm³/mol. The second-order valence-electron chi connectivity index (χ2n) is 12.7. The van der Waals surface area contributed by atoms with Gasteiger partial charge in [-0.15, -0.1) is 11.3 Å². The zero-order valence-electron chi connectivity index (χ0n) is 25.3. The Balaban J connectivity index is 1.24. The van der Waals surface area contributed by atoms with Crippen LogP contribution in [0.1, 0.15) is 67.8 Å². The van der Waals surface area contributed by atoms with Gasteiger partial charge in [-0.2, -0.15) is 20.2 Å². The number of thiophene rings is 1. The van der Waals surface area contributed by atoms with Gasteiger partial charge in [0.2, 0.25) is 17.6 Å². The van der Waals surface area contributed by atoms with Crippen molar-refractivity contribution in [3.05, 3.63) is 40.6 Å². The summed E-state index contributed by atoms with van der Waals surface area (Å²) in [5.41, 5.74) is 7.51. The molecule has 0 aromatic carbocycles. The maximum absolute atomic E-state index is 12.4. The van der Waals surface area contributed by atoms with Crippen LogP contribution < -0.4 is 15.4 Å². The van der Waals surface area contributed by atoms with E-state index in [0.717, 1.165) is 55.5 Å². The van der Waals surface area contributed by atoms with E-state index in [4.69, 9.17) is 29.9 Å². The summed E-state index contributed by atoms with van der Waals surface area (Å²) in [7, 11) is 2.12. The van der Waals surface area contributed by atoms with Crippen molar-refractivity contribution in [2.24, 2.45) is 0 Å². The normalized spacial score (nSPS) is 26.9. The van der Waals surface area contributed by atoms with Crippen LogP contribution in [0.3, 0.4) is 0 Å². The number of likely N-dealkylation sites (tertiary alicyclic amines) is 2. The van der Waals surface area contributed by atoms with Crippen LogP contribution in [-0.2, 0) is 16.6 Å². The molecule has 0 radical (unpaired) electrons. The quantitative estimate of drug-likeness (QED) is 0.389. The SMILES string of the molecule is C=CC(=O)N1CC2C[C@H]1CN2c1cc(-c2noc([C@@]3(C)CCCc4sc(N)c(C#N)c43)n2)nc(O[C@@H](C)[C@@H]2CCCN2C)n1. The van der Waals surface area contributed by atoms with Gasteiger partial charge in [0.25, 0.3) is 0 Å². The average molecular weight is 616 g/mol. The summed E-state index contributed by atoms with van der Waals surface area (Å²) in [4.78, 5) is 34.4. The molecule has 12 nitrogen and oxygen atoms in total. The molecule has 2 bridgehead atoms. The van der Waals surface area contributed by atoms with Gasteiger partial charge in [-0.1, -0.05) is 11.7 Å². The van der Waals surface area contributed by atoms with Crippen LogP contribution in [0.25, 0.3) is 11.5 Å². The number of amides is 1. The highest BCUT2D eigenvalue weighted by molar-refractivity contribution is 7.16. The molecular weight excluding hydrogens is 578 g/mol. The molecule has 13 heteroatoms. The number of carbonyl (C=O) groups is 1. The molecule has 7 rings (SSSR count). The fraction of sp³-hybridized carbons (Fsp3) is 0.548. The smallest absolute Gasteiger partial charge is 0.319 e. The van der Waals surface area contributed by atoms with Gasteiger partial charge in [0.05, 0.1) is 23.1 Å². The van der Waals surface area contributed by atoms with Gasteiger partial charge in [0.1, 0.15) is 28.7 Å². The second kappa shape index (κ2) is 10.9. The van der Waals surface area contributed by atoms with E-state index in [1.54, 1.807) is 0 Å². The number of fused-ring (bicyclic) bond motifs is 3. The molecule has 3 aromatic heterocycles. The van der Waals surface area contributed by atoms with Crippen molar-refractivity contribution in [3.8, 4) is 23.6 Å². The Bertz CT molecular complexity index is 1660. The third-order valence-corrected chi connectivity index (χ3v) is 11.1. The highest BCUT2D eigenvalue weighted by atomic mass is 32.1. The molecule has 3 aromatic rings. The van der Waals surface area contributed by atoms with Crippen LogP contribution in [0.5, 0.6) is 6.01 Å². The largest absolute Gasteiger partial charge is 0.459 e. The number of nitriles is 1. The number of rotatable bonds is 7. The lowest BCUT2D eigenvalue weighted by atomic mass is 9.72. The molecule has 4 aliphatic rings. The second-order valence-corrected chi connectivity index (χ2v) is 13.8. The summed E-state index contributed by atoms with van der Waals surface area (Å²) in [6.07, 6.45) is 6.89. The molecule has 1 aliphatic carbocycles. The molecule has 3 aliphatic heterocycles. The highest BCUT2D eigenvalue weighted by Gasteiger charge is 2.46. The third-order valence-electron chi connectivity index (χ3n) is 9.97. The van der Waals surface area contributed by atoms with E-state index in [-0.39, 0.29) is 36.1 Å². The van der Waals surface area contributed by atoms with Gasteiger partial charge < -0.3 is 24.8 Å². The average Bonchev–Trinajstić information content (AvgIpc) is 3.84. The van der Waals surface area contributed by atoms with E-state index in [0.29, 0.717) is 46.9 Å². The molecular formula is C31H37N9O3S. The van der Waals surface area contributed by atoms with Crippen LogP contribution in [0, 0.1) is 11.3 Å². The lowest BCUT2D eigenvalue weighted by molar-refractivity contribution is -0.127. The summed E-state index contributed by atoms with van der Waals surface area (Å²) in [5, 5.41) is 14.8. The molecule has 1 unspecified atom stereocenters. The number of anilines is 2. The Hall–Kier alpha value is -4.02. The zero-order chi connectivity index (χ0) is 30.7. The first-order valence-electron chi connectivity index (χ1n) is 15.3. The molecule has 1 amide bonds. The van der Waals surface area contributed by atoms with Crippen LogP contribution in [-0.4, -0.2) is 86.7 Å². The topological polar surface area (TPSA) is 151 Å². The Morgan fingerprint density at radius 1 is 1.32 bits per heavy atom. The monoisotopic (exact) mass is 615 g/mol. The Labute approximate surface area is 260 Å². The fourth-order valence-electron chi connectivity index (χ4n) is 7.70. The summed E-state index contributed by atoms with van der Waals surface area (Å²) in [6, 6.07) is 4.96. The van der Waals surface area contributed by atoms with Gasteiger partial charge >= 0.3 is 6.01 Å². The minimum atomic E-state index is -0.635. The minimum absolute atomic E-state index is 0.0373. The zero-order valence-corrected chi connectivity index (χ0v) is 26.1. The summed E-state index contributed by atoms with van der Waals surface area (Å²) in [5.74, 6) is 1.45. The number of likely N-dealkylation sites (N-methyl/N-ethyl adjacent to an activating group) is 1. The number of nitrogens with two attached hydrogens (primary N) is 1. The van der Waals surface area contributed by atoms with E-state index in [1.165, 1.54) is 17.4 Å². The number of ether oxygens (including phenoxy) is 1.